The van der Waals surface area contributed by atoms with Crippen LogP contribution in [0.2, 0.25) is 0 Å². The van der Waals surface area contributed by atoms with Crippen molar-refractivity contribution in [2.45, 2.75) is 11.8 Å². The number of sulfone groups is 1. The number of hydrogen-bond donors (Lipinski definition) is 2. The Kier molecular flexibility index (Phi) is 4.71. The van der Waals surface area contributed by atoms with Crippen LogP contribution < -0.4 is 10.5 Å². The first-order chi connectivity index (χ1) is 8.27. The third-order valence-electron chi connectivity index (χ3n) is 2.31. The molecule has 0 spiro atoms. The average Bonchev–Trinajstić information content (AvgIpc) is 2.28. The van der Waals surface area contributed by atoms with Gasteiger partial charge in [-0.15, -0.1) is 0 Å². The zero-order chi connectivity index (χ0) is 13.8. The quantitative estimate of drug-likeness (QED) is 0.717. The van der Waals surface area contributed by atoms with Gasteiger partial charge in [-0.1, -0.05) is 13.0 Å². The molecule has 6 nitrogen and oxygen atoms in total. The summed E-state index contributed by atoms with van der Waals surface area (Å²) in [5.74, 6) is -0.224. The molecule has 0 aliphatic carbocycles. The van der Waals surface area contributed by atoms with Crippen molar-refractivity contribution in [3.63, 3.8) is 0 Å². The molecule has 0 heterocycles. The van der Waals surface area contributed by atoms with Crippen LogP contribution in [0.25, 0.3) is 0 Å². The third-order valence-corrected chi connectivity index (χ3v) is 5.48. The van der Waals surface area contributed by atoms with Crippen molar-refractivity contribution in [1.82, 2.24) is 4.72 Å². The minimum absolute atomic E-state index is 0.00693. The molecule has 102 valence electrons. The van der Waals surface area contributed by atoms with E-state index >= 15 is 0 Å². The minimum Gasteiger partial charge on any atom is -0.399 e. The standard InChI is InChI=1S/C10H16N2O4S2/c1-2-17(13,14)7-6-12-18(15,16)10-5-3-4-9(11)8-10/h3-5,8,12H,2,6-7,11H2,1H3. The molecule has 0 radical (unpaired) electrons. The monoisotopic (exact) mass is 292 g/mol. The lowest BCUT2D eigenvalue weighted by Crippen LogP contribution is -2.29. The van der Waals surface area contributed by atoms with E-state index in [1.165, 1.54) is 25.1 Å². The zero-order valence-corrected chi connectivity index (χ0v) is 11.6. The van der Waals surface area contributed by atoms with E-state index in [4.69, 9.17) is 5.73 Å². The molecule has 8 heteroatoms. The molecule has 0 unspecified atom stereocenters. The Bertz CT molecular complexity index is 609. The van der Waals surface area contributed by atoms with Crippen LogP contribution >= 0.6 is 0 Å². The average molecular weight is 292 g/mol. The maximum atomic E-state index is 11.8. The lowest BCUT2D eigenvalue weighted by Gasteiger charge is -2.07. The second-order valence-corrected chi connectivity index (χ2v) is 7.95. The highest BCUT2D eigenvalue weighted by Crippen LogP contribution is 2.12. The summed E-state index contributed by atoms with van der Waals surface area (Å²) in [5.41, 5.74) is 5.82. The summed E-state index contributed by atoms with van der Waals surface area (Å²) in [7, 11) is -6.89. The van der Waals surface area contributed by atoms with Gasteiger partial charge in [-0.3, -0.25) is 0 Å². The van der Waals surface area contributed by atoms with Crippen LogP contribution in [0.5, 0.6) is 0 Å². The van der Waals surface area contributed by atoms with E-state index in [0.717, 1.165) is 0 Å². The first-order valence-electron chi connectivity index (χ1n) is 5.32. The predicted octanol–water partition coefficient (Wildman–Crippen LogP) is -0.0182. The number of hydrogen-bond acceptors (Lipinski definition) is 5. The highest BCUT2D eigenvalue weighted by atomic mass is 32.2. The van der Waals surface area contributed by atoms with E-state index in [9.17, 15) is 16.8 Å². The first kappa shape index (κ1) is 14.9. The zero-order valence-electron chi connectivity index (χ0n) is 9.96. The summed E-state index contributed by atoms with van der Waals surface area (Å²) < 4.78 is 48.3. The normalized spacial score (nSPS) is 12.5. The van der Waals surface area contributed by atoms with Gasteiger partial charge in [0.1, 0.15) is 0 Å². The molecule has 3 N–H and O–H groups in total. The van der Waals surface area contributed by atoms with Gasteiger partial charge in [0.2, 0.25) is 10.0 Å². The number of nitrogen functional groups attached to an aromatic ring is 1. The van der Waals surface area contributed by atoms with Gasteiger partial charge in [-0.05, 0) is 18.2 Å². The van der Waals surface area contributed by atoms with Crippen molar-refractivity contribution in [2.24, 2.45) is 0 Å². The van der Waals surface area contributed by atoms with Gasteiger partial charge in [-0.2, -0.15) is 0 Å². The molecule has 1 aromatic rings. The smallest absolute Gasteiger partial charge is 0.240 e. The molecular weight excluding hydrogens is 276 g/mol. The van der Waals surface area contributed by atoms with Crippen LogP contribution in [-0.4, -0.2) is 34.9 Å². The highest BCUT2D eigenvalue weighted by molar-refractivity contribution is 7.91. The molecule has 0 aliphatic rings. The Hall–Kier alpha value is -1.12. The van der Waals surface area contributed by atoms with Gasteiger partial charge in [0.25, 0.3) is 0 Å². The molecule has 18 heavy (non-hydrogen) atoms. The first-order valence-corrected chi connectivity index (χ1v) is 8.63. The summed E-state index contributed by atoms with van der Waals surface area (Å²) in [4.78, 5) is 0.0244. The highest BCUT2D eigenvalue weighted by Gasteiger charge is 2.15. The minimum atomic E-state index is -3.71. The van der Waals surface area contributed by atoms with Crippen LogP contribution in [0.1, 0.15) is 6.92 Å². The van der Waals surface area contributed by atoms with Crippen molar-refractivity contribution in [2.75, 3.05) is 23.8 Å². The molecule has 0 amide bonds. The van der Waals surface area contributed by atoms with Gasteiger partial charge < -0.3 is 5.73 Å². The molecule has 0 atom stereocenters. The van der Waals surface area contributed by atoms with Crippen molar-refractivity contribution in [3.8, 4) is 0 Å². The lowest BCUT2D eigenvalue weighted by atomic mass is 10.3. The van der Waals surface area contributed by atoms with Crippen molar-refractivity contribution in [3.05, 3.63) is 24.3 Å². The Morgan fingerprint density at radius 1 is 1.22 bits per heavy atom. The maximum Gasteiger partial charge on any atom is 0.240 e. The SMILES string of the molecule is CCS(=O)(=O)CCNS(=O)(=O)c1cccc(N)c1. The maximum absolute atomic E-state index is 11.8. The van der Waals surface area contributed by atoms with Crippen LogP contribution in [-0.2, 0) is 19.9 Å². The van der Waals surface area contributed by atoms with Crippen LogP contribution in [0.15, 0.2) is 29.2 Å². The molecular formula is C10H16N2O4S2. The van der Waals surface area contributed by atoms with Gasteiger partial charge in [-0.25, -0.2) is 21.6 Å². The van der Waals surface area contributed by atoms with Gasteiger partial charge in [0.15, 0.2) is 9.84 Å². The number of nitrogens with one attached hydrogen (secondary N) is 1. The largest absolute Gasteiger partial charge is 0.399 e. The molecule has 0 aliphatic heterocycles. The van der Waals surface area contributed by atoms with Gasteiger partial charge in [0, 0.05) is 18.0 Å². The van der Waals surface area contributed by atoms with Crippen LogP contribution in [0.3, 0.4) is 0 Å². The fourth-order valence-corrected chi connectivity index (χ4v) is 3.16. The second-order valence-electron chi connectivity index (χ2n) is 3.71. The molecule has 1 rings (SSSR count). The summed E-state index contributed by atoms with van der Waals surface area (Å²) in [6, 6.07) is 5.80. The molecule has 0 saturated carbocycles. The molecule has 0 fully saturated rings. The van der Waals surface area contributed by atoms with Crippen LogP contribution in [0, 0.1) is 0 Å². The van der Waals surface area contributed by atoms with E-state index in [2.05, 4.69) is 4.72 Å². The van der Waals surface area contributed by atoms with Crippen LogP contribution in [0.4, 0.5) is 5.69 Å². The van der Waals surface area contributed by atoms with E-state index < -0.39 is 19.9 Å². The number of sulfonamides is 1. The van der Waals surface area contributed by atoms with E-state index in [0.29, 0.717) is 5.69 Å². The van der Waals surface area contributed by atoms with Crippen molar-refractivity contribution >= 4 is 25.5 Å². The Labute approximate surface area is 107 Å². The molecule has 0 bridgehead atoms. The number of rotatable bonds is 6. The summed E-state index contributed by atoms with van der Waals surface area (Å²) in [5, 5.41) is 0. The number of benzene rings is 1. The summed E-state index contributed by atoms with van der Waals surface area (Å²) in [6.07, 6.45) is 0. The topological polar surface area (TPSA) is 106 Å². The summed E-state index contributed by atoms with van der Waals surface area (Å²) in [6.45, 7) is 1.37. The van der Waals surface area contributed by atoms with E-state index in [-0.39, 0.29) is 22.9 Å². The lowest BCUT2D eigenvalue weighted by molar-refractivity contribution is 0.581. The Morgan fingerprint density at radius 2 is 1.89 bits per heavy atom. The van der Waals surface area contributed by atoms with E-state index in [1.807, 2.05) is 0 Å². The fraction of sp³-hybridized carbons (Fsp3) is 0.400. The predicted molar refractivity (Wildman–Crippen MR) is 70.4 cm³/mol. The van der Waals surface area contributed by atoms with E-state index in [1.54, 1.807) is 6.07 Å². The van der Waals surface area contributed by atoms with Crippen molar-refractivity contribution < 1.29 is 16.8 Å². The molecule has 0 saturated heterocycles. The fourth-order valence-electron chi connectivity index (χ4n) is 1.24. The van der Waals surface area contributed by atoms with Gasteiger partial charge >= 0.3 is 0 Å². The molecule has 1 aromatic carbocycles. The number of anilines is 1. The van der Waals surface area contributed by atoms with Crippen molar-refractivity contribution in [1.29, 1.82) is 0 Å². The third kappa shape index (κ3) is 4.28. The Morgan fingerprint density at radius 3 is 2.44 bits per heavy atom. The van der Waals surface area contributed by atoms with Gasteiger partial charge in [0.05, 0.1) is 10.6 Å². The number of nitrogens with two attached hydrogens (primary N) is 1. The Balaban J connectivity index is 2.72. The summed E-state index contributed by atoms with van der Waals surface area (Å²) >= 11 is 0. The molecule has 0 aromatic heterocycles. The second kappa shape index (κ2) is 5.68.